The number of aromatic nitrogens is 1. The first-order valence-electron chi connectivity index (χ1n) is 7.72. The van der Waals surface area contributed by atoms with Gasteiger partial charge in [0.2, 0.25) is 11.8 Å². The average molecular weight is 365 g/mol. The summed E-state index contributed by atoms with van der Waals surface area (Å²) >= 11 is 1.22. The van der Waals surface area contributed by atoms with E-state index in [4.69, 9.17) is 4.52 Å². The maximum absolute atomic E-state index is 13.2. The summed E-state index contributed by atoms with van der Waals surface area (Å²) in [5.41, 5.74) is 1.36. The summed E-state index contributed by atoms with van der Waals surface area (Å²) in [6.07, 6.45) is 0. The van der Waals surface area contributed by atoms with E-state index in [-0.39, 0.29) is 23.4 Å². The molecule has 0 radical (unpaired) electrons. The molecule has 2 aromatic rings. The number of aryl methyl sites for hydroxylation is 2. The van der Waals surface area contributed by atoms with Crippen LogP contribution in [0.15, 0.2) is 28.8 Å². The zero-order chi connectivity index (χ0) is 18.4. The van der Waals surface area contributed by atoms with Gasteiger partial charge < -0.3 is 15.2 Å². The average Bonchev–Trinajstić information content (AvgIpc) is 2.98. The highest BCUT2D eigenvalue weighted by molar-refractivity contribution is 8.01. The first kappa shape index (κ1) is 19.0. The number of carbonyl (C=O) groups excluding carboxylic acids is 2. The number of nitrogens with one attached hydrogen (secondary N) is 2. The Bertz CT molecular complexity index is 763. The van der Waals surface area contributed by atoms with Crippen molar-refractivity contribution in [2.24, 2.45) is 0 Å². The minimum Gasteiger partial charge on any atom is -0.360 e. The van der Waals surface area contributed by atoms with Crippen LogP contribution in [0, 0.1) is 19.7 Å². The van der Waals surface area contributed by atoms with Crippen molar-refractivity contribution >= 4 is 29.4 Å². The monoisotopic (exact) mass is 365 g/mol. The van der Waals surface area contributed by atoms with Gasteiger partial charge in [-0.1, -0.05) is 17.3 Å². The van der Waals surface area contributed by atoms with Crippen LogP contribution in [0.5, 0.6) is 0 Å². The SMILES string of the molecule is Cc1cc(NC(=O)C(C)SCC(=O)NCc2ccc(F)c(C)c2)no1. The van der Waals surface area contributed by atoms with Crippen molar-refractivity contribution in [2.75, 3.05) is 11.1 Å². The summed E-state index contributed by atoms with van der Waals surface area (Å²) in [5, 5.41) is 8.64. The van der Waals surface area contributed by atoms with Gasteiger partial charge in [-0.05, 0) is 38.0 Å². The second kappa shape index (κ2) is 8.66. The quantitative estimate of drug-likeness (QED) is 0.788. The molecule has 1 heterocycles. The fourth-order valence-corrected chi connectivity index (χ4v) is 2.71. The molecule has 0 bridgehead atoms. The van der Waals surface area contributed by atoms with E-state index in [0.29, 0.717) is 23.7 Å². The molecule has 0 aliphatic carbocycles. The Morgan fingerprint density at radius 3 is 2.72 bits per heavy atom. The van der Waals surface area contributed by atoms with Crippen LogP contribution in [0.4, 0.5) is 10.2 Å². The van der Waals surface area contributed by atoms with E-state index in [1.165, 1.54) is 17.8 Å². The summed E-state index contributed by atoms with van der Waals surface area (Å²) in [7, 11) is 0. The van der Waals surface area contributed by atoms with Crippen molar-refractivity contribution in [3.63, 3.8) is 0 Å². The highest BCUT2D eigenvalue weighted by atomic mass is 32.2. The highest BCUT2D eigenvalue weighted by Crippen LogP contribution is 2.14. The predicted octanol–water partition coefficient (Wildman–Crippen LogP) is 2.81. The number of nitrogens with zero attached hydrogens (tertiary/aromatic N) is 1. The molecule has 2 amide bonds. The lowest BCUT2D eigenvalue weighted by atomic mass is 10.1. The number of benzene rings is 1. The van der Waals surface area contributed by atoms with Crippen molar-refractivity contribution in [3.8, 4) is 0 Å². The van der Waals surface area contributed by atoms with Crippen molar-refractivity contribution in [1.29, 1.82) is 0 Å². The van der Waals surface area contributed by atoms with E-state index in [0.717, 1.165) is 5.56 Å². The molecule has 6 nitrogen and oxygen atoms in total. The number of halogens is 1. The van der Waals surface area contributed by atoms with Gasteiger partial charge >= 0.3 is 0 Å². The molecular weight excluding hydrogens is 345 g/mol. The van der Waals surface area contributed by atoms with Crippen molar-refractivity contribution in [1.82, 2.24) is 10.5 Å². The van der Waals surface area contributed by atoms with Gasteiger partial charge in [0.05, 0.1) is 11.0 Å². The number of hydrogen-bond donors (Lipinski definition) is 2. The Balaban J connectivity index is 1.73. The van der Waals surface area contributed by atoms with Gasteiger partial charge in [-0.3, -0.25) is 9.59 Å². The largest absolute Gasteiger partial charge is 0.360 e. The molecule has 134 valence electrons. The Morgan fingerprint density at radius 1 is 1.32 bits per heavy atom. The maximum Gasteiger partial charge on any atom is 0.238 e. The molecule has 0 saturated heterocycles. The van der Waals surface area contributed by atoms with Crippen molar-refractivity contribution in [2.45, 2.75) is 32.6 Å². The molecule has 0 spiro atoms. The third-order valence-electron chi connectivity index (χ3n) is 3.42. The molecule has 2 N–H and O–H groups in total. The molecule has 1 atom stereocenters. The minimum atomic E-state index is -0.421. The molecule has 1 unspecified atom stereocenters. The fraction of sp³-hybridized carbons (Fsp3) is 0.353. The van der Waals surface area contributed by atoms with Gasteiger partial charge in [0.15, 0.2) is 5.82 Å². The molecule has 2 rings (SSSR count). The third-order valence-corrected chi connectivity index (χ3v) is 4.57. The standard InChI is InChI=1S/C17H20FN3O3S/c1-10-6-13(4-5-14(10)18)8-19-16(22)9-25-12(3)17(23)20-15-7-11(2)24-21-15/h4-7,12H,8-9H2,1-3H3,(H,19,22)(H,20,21,23). The summed E-state index contributed by atoms with van der Waals surface area (Å²) < 4.78 is 18.1. The molecular formula is C17H20FN3O3S. The van der Waals surface area contributed by atoms with E-state index < -0.39 is 5.25 Å². The molecule has 0 aliphatic heterocycles. The predicted molar refractivity (Wildman–Crippen MR) is 94.8 cm³/mol. The van der Waals surface area contributed by atoms with Crippen LogP contribution >= 0.6 is 11.8 Å². The van der Waals surface area contributed by atoms with Gasteiger partial charge in [0.25, 0.3) is 0 Å². The topological polar surface area (TPSA) is 84.2 Å². The van der Waals surface area contributed by atoms with Crippen LogP contribution in [0.25, 0.3) is 0 Å². The number of rotatable bonds is 7. The summed E-state index contributed by atoms with van der Waals surface area (Å²) in [6.45, 7) is 5.43. The first-order valence-corrected chi connectivity index (χ1v) is 8.77. The second-order valence-electron chi connectivity index (χ2n) is 5.63. The highest BCUT2D eigenvalue weighted by Gasteiger charge is 2.16. The molecule has 25 heavy (non-hydrogen) atoms. The van der Waals surface area contributed by atoms with Gasteiger partial charge in [-0.25, -0.2) is 4.39 Å². The zero-order valence-electron chi connectivity index (χ0n) is 14.3. The van der Waals surface area contributed by atoms with E-state index in [1.54, 1.807) is 39.0 Å². The normalized spacial score (nSPS) is 11.8. The molecule has 8 heteroatoms. The number of thioether (sulfide) groups is 1. The Kier molecular flexibility index (Phi) is 6.58. The minimum absolute atomic E-state index is 0.145. The van der Waals surface area contributed by atoms with E-state index in [2.05, 4.69) is 15.8 Å². The lowest BCUT2D eigenvalue weighted by Crippen LogP contribution is -2.28. The first-order chi connectivity index (χ1) is 11.8. The summed E-state index contributed by atoms with van der Waals surface area (Å²) in [6, 6.07) is 6.32. The van der Waals surface area contributed by atoms with Crippen LogP contribution in [-0.2, 0) is 16.1 Å². The van der Waals surface area contributed by atoms with Crippen molar-refractivity contribution < 1.29 is 18.5 Å². The lowest BCUT2D eigenvalue weighted by molar-refractivity contribution is -0.118. The van der Waals surface area contributed by atoms with Crippen LogP contribution in [0.1, 0.15) is 23.8 Å². The third kappa shape index (κ3) is 5.90. The maximum atomic E-state index is 13.2. The molecule has 0 fully saturated rings. The summed E-state index contributed by atoms with van der Waals surface area (Å²) in [4.78, 5) is 23.9. The van der Waals surface area contributed by atoms with Gasteiger partial charge in [-0.2, -0.15) is 0 Å². The van der Waals surface area contributed by atoms with Crippen LogP contribution in [-0.4, -0.2) is 28.0 Å². The number of anilines is 1. The summed E-state index contributed by atoms with van der Waals surface area (Å²) in [5.74, 6) is 0.390. The van der Waals surface area contributed by atoms with Gasteiger partial charge in [-0.15, -0.1) is 11.8 Å². The molecule has 1 aromatic carbocycles. The van der Waals surface area contributed by atoms with Gasteiger partial charge in [0, 0.05) is 12.6 Å². The smallest absolute Gasteiger partial charge is 0.238 e. The van der Waals surface area contributed by atoms with E-state index >= 15 is 0 Å². The van der Waals surface area contributed by atoms with Crippen LogP contribution < -0.4 is 10.6 Å². The molecule has 1 aromatic heterocycles. The zero-order valence-corrected chi connectivity index (χ0v) is 15.1. The Hall–Kier alpha value is -2.35. The Labute approximate surface area is 149 Å². The number of hydrogen-bond acceptors (Lipinski definition) is 5. The van der Waals surface area contributed by atoms with E-state index in [1.807, 2.05) is 0 Å². The molecule has 0 aliphatic rings. The fourth-order valence-electron chi connectivity index (χ4n) is 2.00. The van der Waals surface area contributed by atoms with Crippen molar-refractivity contribution in [3.05, 3.63) is 47.0 Å². The lowest BCUT2D eigenvalue weighted by Gasteiger charge is -2.11. The van der Waals surface area contributed by atoms with Crippen LogP contribution in [0.3, 0.4) is 0 Å². The van der Waals surface area contributed by atoms with Gasteiger partial charge in [0.1, 0.15) is 11.6 Å². The number of amides is 2. The molecule has 0 saturated carbocycles. The second-order valence-corrected chi connectivity index (χ2v) is 6.95. The van der Waals surface area contributed by atoms with Crippen LogP contribution in [0.2, 0.25) is 0 Å². The van der Waals surface area contributed by atoms with E-state index in [9.17, 15) is 14.0 Å². The number of carbonyl (C=O) groups is 2. The Morgan fingerprint density at radius 2 is 2.08 bits per heavy atom.